The average molecular weight is 356 g/mol. The molecule has 0 radical (unpaired) electrons. The normalized spacial score (nSPS) is 14.3. The van der Waals surface area contributed by atoms with Crippen LogP contribution < -0.4 is 5.32 Å². The summed E-state index contributed by atoms with van der Waals surface area (Å²) in [7, 11) is 0. The number of benzene rings is 1. The standard InChI is InChI=1S/C17H21N3O.2ClH/c1-12(2)16-11-14(13-5-3-4-6-15(13)19-16)17(21)20-9-7-18-8-10-20;;/h3-6,11-12,18H,7-10H2,1-2H3;2*1H. The van der Waals surface area contributed by atoms with Crippen LogP contribution in [-0.2, 0) is 0 Å². The molecule has 1 aliphatic rings. The molecule has 0 saturated carbocycles. The van der Waals surface area contributed by atoms with Crippen LogP contribution in [0.3, 0.4) is 0 Å². The van der Waals surface area contributed by atoms with Crippen molar-refractivity contribution in [2.75, 3.05) is 26.2 Å². The van der Waals surface area contributed by atoms with Crippen LogP contribution in [0.15, 0.2) is 30.3 Å². The molecule has 3 rings (SSSR count). The molecule has 1 saturated heterocycles. The molecular weight excluding hydrogens is 333 g/mol. The van der Waals surface area contributed by atoms with Gasteiger partial charge >= 0.3 is 0 Å². The molecule has 0 spiro atoms. The third-order valence-electron chi connectivity index (χ3n) is 3.96. The highest BCUT2D eigenvalue weighted by atomic mass is 35.5. The molecule has 6 heteroatoms. The molecule has 1 fully saturated rings. The zero-order valence-electron chi connectivity index (χ0n) is 13.4. The van der Waals surface area contributed by atoms with Gasteiger partial charge in [0.05, 0.1) is 11.1 Å². The molecule has 2 heterocycles. The maximum absolute atomic E-state index is 12.9. The molecule has 126 valence electrons. The Morgan fingerprint density at radius 3 is 2.48 bits per heavy atom. The largest absolute Gasteiger partial charge is 0.336 e. The summed E-state index contributed by atoms with van der Waals surface area (Å²) < 4.78 is 0. The summed E-state index contributed by atoms with van der Waals surface area (Å²) in [6, 6.07) is 9.88. The predicted octanol–water partition coefficient (Wildman–Crippen LogP) is 3.25. The molecule has 23 heavy (non-hydrogen) atoms. The number of carbonyl (C=O) groups is 1. The molecule has 2 aromatic rings. The van der Waals surface area contributed by atoms with E-state index in [1.807, 2.05) is 35.2 Å². The Morgan fingerprint density at radius 1 is 1.17 bits per heavy atom. The van der Waals surface area contributed by atoms with Crippen LogP contribution in [0.25, 0.3) is 10.9 Å². The smallest absolute Gasteiger partial charge is 0.254 e. The maximum atomic E-state index is 12.9. The second-order valence-electron chi connectivity index (χ2n) is 5.81. The van der Waals surface area contributed by atoms with Crippen molar-refractivity contribution >= 4 is 41.6 Å². The van der Waals surface area contributed by atoms with Crippen LogP contribution in [-0.4, -0.2) is 42.0 Å². The highest BCUT2D eigenvalue weighted by Gasteiger charge is 2.21. The lowest BCUT2D eigenvalue weighted by molar-refractivity contribution is 0.0737. The Bertz CT molecular complexity index is 670. The molecule has 0 atom stereocenters. The lowest BCUT2D eigenvalue weighted by Crippen LogP contribution is -2.46. The Labute approximate surface area is 149 Å². The van der Waals surface area contributed by atoms with Crippen LogP contribution in [0.4, 0.5) is 0 Å². The number of hydrogen-bond donors (Lipinski definition) is 1. The van der Waals surface area contributed by atoms with Crippen molar-refractivity contribution < 1.29 is 4.79 Å². The van der Waals surface area contributed by atoms with E-state index in [0.717, 1.165) is 48.3 Å². The second kappa shape index (κ2) is 8.48. The summed E-state index contributed by atoms with van der Waals surface area (Å²) in [6.45, 7) is 7.49. The molecule has 1 aliphatic heterocycles. The summed E-state index contributed by atoms with van der Waals surface area (Å²) in [5, 5.41) is 4.23. The van der Waals surface area contributed by atoms with Gasteiger partial charge in [0.2, 0.25) is 0 Å². The third-order valence-corrected chi connectivity index (χ3v) is 3.96. The van der Waals surface area contributed by atoms with E-state index in [1.54, 1.807) is 0 Å². The van der Waals surface area contributed by atoms with E-state index in [9.17, 15) is 4.79 Å². The molecule has 1 N–H and O–H groups in total. The van der Waals surface area contributed by atoms with Crippen molar-refractivity contribution in [2.45, 2.75) is 19.8 Å². The number of aromatic nitrogens is 1. The SMILES string of the molecule is CC(C)c1cc(C(=O)N2CCNCC2)c2ccccc2n1.Cl.Cl. The first-order valence-electron chi connectivity index (χ1n) is 7.56. The summed E-state index contributed by atoms with van der Waals surface area (Å²) >= 11 is 0. The van der Waals surface area contributed by atoms with E-state index in [0.29, 0.717) is 5.92 Å². The highest BCUT2D eigenvalue weighted by Crippen LogP contribution is 2.23. The highest BCUT2D eigenvalue weighted by molar-refractivity contribution is 6.06. The Hall–Kier alpha value is -1.36. The number of pyridine rings is 1. The molecule has 0 bridgehead atoms. The third kappa shape index (κ3) is 4.14. The minimum Gasteiger partial charge on any atom is -0.336 e. The number of hydrogen-bond acceptors (Lipinski definition) is 3. The van der Waals surface area contributed by atoms with Crippen LogP contribution in [0, 0.1) is 0 Å². The molecule has 1 aromatic carbocycles. The Morgan fingerprint density at radius 2 is 1.83 bits per heavy atom. The Balaban J connectivity index is 0.00000132. The number of fused-ring (bicyclic) bond motifs is 1. The molecule has 0 unspecified atom stereocenters. The molecular formula is C17H23Cl2N3O. The van der Waals surface area contributed by atoms with E-state index in [1.165, 1.54) is 0 Å². The Kier molecular flexibility index (Phi) is 7.26. The van der Waals surface area contributed by atoms with Crippen molar-refractivity contribution in [3.05, 3.63) is 41.6 Å². The van der Waals surface area contributed by atoms with E-state index in [-0.39, 0.29) is 30.7 Å². The number of piperazine rings is 1. The summed E-state index contributed by atoms with van der Waals surface area (Å²) in [5.74, 6) is 0.432. The van der Waals surface area contributed by atoms with Crippen LogP contribution in [0.2, 0.25) is 0 Å². The monoisotopic (exact) mass is 355 g/mol. The maximum Gasteiger partial charge on any atom is 0.254 e. The summed E-state index contributed by atoms with van der Waals surface area (Å²) in [4.78, 5) is 19.5. The number of halogens is 2. The van der Waals surface area contributed by atoms with Gasteiger partial charge in [0.15, 0.2) is 0 Å². The van der Waals surface area contributed by atoms with E-state index in [4.69, 9.17) is 0 Å². The van der Waals surface area contributed by atoms with Gasteiger partial charge < -0.3 is 10.2 Å². The minimum atomic E-state index is 0. The molecule has 4 nitrogen and oxygen atoms in total. The van der Waals surface area contributed by atoms with E-state index in [2.05, 4.69) is 24.1 Å². The van der Waals surface area contributed by atoms with E-state index >= 15 is 0 Å². The lowest BCUT2D eigenvalue weighted by atomic mass is 10.0. The van der Waals surface area contributed by atoms with E-state index < -0.39 is 0 Å². The minimum absolute atomic E-state index is 0. The fourth-order valence-corrected chi connectivity index (χ4v) is 2.71. The first-order valence-corrected chi connectivity index (χ1v) is 7.56. The van der Waals surface area contributed by atoms with Crippen molar-refractivity contribution in [1.82, 2.24) is 15.2 Å². The van der Waals surface area contributed by atoms with Crippen LogP contribution >= 0.6 is 24.8 Å². The first kappa shape index (κ1) is 19.7. The molecule has 1 aromatic heterocycles. The quantitative estimate of drug-likeness (QED) is 0.899. The van der Waals surface area contributed by atoms with Gasteiger partial charge in [-0.05, 0) is 18.1 Å². The van der Waals surface area contributed by atoms with Gasteiger partial charge in [-0.25, -0.2) is 0 Å². The number of amides is 1. The summed E-state index contributed by atoms with van der Waals surface area (Å²) in [5.41, 5.74) is 2.67. The molecule has 1 amide bonds. The molecule has 0 aliphatic carbocycles. The lowest BCUT2D eigenvalue weighted by Gasteiger charge is -2.28. The zero-order valence-corrected chi connectivity index (χ0v) is 15.0. The number of carbonyl (C=O) groups excluding carboxylic acids is 1. The van der Waals surface area contributed by atoms with Crippen molar-refractivity contribution in [3.63, 3.8) is 0 Å². The first-order chi connectivity index (χ1) is 10.2. The van der Waals surface area contributed by atoms with Gasteiger partial charge in [-0.3, -0.25) is 9.78 Å². The zero-order chi connectivity index (χ0) is 14.8. The number of rotatable bonds is 2. The predicted molar refractivity (Wildman–Crippen MR) is 99.1 cm³/mol. The fourth-order valence-electron chi connectivity index (χ4n) is 2.71. The fraction of sp³-hybridized carbons (Fsp3) is 0.412. The van der Waals surface area contributed by atoms with Gasteiger partial charge in [0, 0.05) is 37.3 Å². The van der Waals surface area contributed by atoms with Gasteiger partial charge in [0.1, 0.15) is 0 Å². The second-order valence-corrected chi connectivity index (χ2v) is 5.81. The topological polar surface area (TPSA) is 45.2 Å². The van der Waals surface area contributed by atoms with Crippen molar-refractivity contribution in [1.29, 1.82) is 0 Å². The number of nitrogens with one attached hydrogen (secondary N) is 1. The number of para-hydroxylation sites is 1. The van der Waals surface area contributed by atoms with Crippen LogP contribution in [0.1, 0.15) is 35.8 Å². The average Bonchev–Trinajstić information content (AvgIpc) is 2.54. The van der Waals surface area contributed by atoms with Crippen molar-refractivity contribution in [3.8, 4) is 0 Å². The van der Waals surface area contributed by atoms with Gasteiger partial charge in [0.25, 0.3) is 5.91 Å². The van der Waals surface area contributed by atoms with Gasteiger partial charge in [-0.15, -0.1) is 24.8 Å². The van der Waals surface area contributed by atoms with Crippen molar-refractivity contribution in [2.24, 2.45) is 0 Å². The van der Waals surface area contributed by atoms with Crippen LogP contribution in [0.5, 0.6) is 0 Å². The summed E-state index contributed by atoms with van der Waals surface area (Å²) in [6.07, 6.45) is 0. The van der Waals surface area contributed by atoms with Gasteiger partial charge in [-0.2, -0.15) is 0 Å². The number of nitrogens with zero attached hydrogens (tertiary/aromatic N) is 2. The van der Waals surface area contributed by atoms with Gasteiger partial charge in [-0.1, -0.05) is 32.0 Å².